The van der Waals surface area contributed by atoms with Crippen LogP contribution in [0.2, 0.25) is 0 Å². The van der Waals surface area contributed by atoms with Crippen molar-refractivity contribution < 1.29 is 27.9 Å². The molecule has 2 N–H and O–H groups in total. The van der Waals surface area contributed by atoms with Gasteiger partial charge in [0.15, 0.2) is 5.75 Å². The molecule has 1 saturated carbocycles. The van der Waals surface area contributed by atoms with E-state index in [0.29, 0.717) is 12.8 Å². The second-order valence-corrected chi connectivity index (χ2v) is 5.75. The number of sulfonamides is 1. The van der Waals surface area contributed by atoms with Crippen molar-refractivity contribution in [1.82, 2.24) is 4.72 Å². The number of nitrogens with one attached hydrogen (secondary N) is 1. The van der Waals surface area contributed by atoms with E-state index in [1.165, 1.54) is 0 Å². The second-order valence-electron chi connectivity index (χ2n) is 4.00. The smallest absolute Gasteiger partial charge is 0.322 e. The molecule has 0 radical (unpaired) electrons. The number of hydrogen-bond acceptors (Lipinski definition) is 5. The van der Waals surface area contributed by atoms with Crippen molar-refractivity contribution in [3.8, 4) is 0 Å². The van der Waals surface area contributed by atoms with Crippen LogP contribution in [0.15, 0.2) is 0 Å². The Balaban J connectivity index is 2.50. The number of rotatable bonds is 5. The fraction of sp³-hybridized carbons (Fsp3) is 0.778. The van der Waals surface area contributed by atoms with E-state index in [-0.39, 0.29) is 6.42 Å². The summed E-state index contributed by atoms with van der Waals surface area (Å²) >= 11 is 0. The second kappa shape index (κ2) is 5.46. The standard InChI is InChI=1S/C9H15NO6S/c1-16-8(11)5-17(14,15)10-7-3-2-6(4-7)9(12)13/h6-7,10H,2-5H2,1H3,(H,12,13). The molecule has 0 aliphatic heterocycles. The molecule has 1 aliphatic carbocycles. The van der Waals surface area contributed by atoms with Crippen molar-refractivity contribution in [2.24, 2.45) is 5.92 Å². The number of esters is 1. The molecule has 0 heterocycles. The van der Waals surface area contributed by atoms with E-state index in [4.69, 9.17) is 5.11 Å². The van der Waals surface area contributed by atoms with Gasteiger partial charge >= 0.3 is 11.9 Å². The van der Waals surface area contributed by atoms with Gasteiger partial charge in [0.25, 0.3) is 0 Å². The van der Waals surface area contributed by atoms with Crippen LogP contribution in [0.1, 0.15) is 19.3 Å². The first-order valence-electron chi connectivity index (χ1n) is 5.13. The van der Waals surface area contributed by atoms with Crippen molar-refractivity contribution in [1.29, 1.82) is 0 Å². The van der Waals surface area contributed by atoms with E-state index in [0.717, 1.165) is 7.11 Å². The average molecular weight is 265 g/mol. The van der Waals surface area contributed by atoms with Gasteiger partial charge in [0, 0.05) is 6.04 Å². The number of carbonyl (C=O) groups is 2. The van der Waals surface area contributed by atoms with Crippen LogP contribution in [0, 0.1) is 5.92 Å². The maximum Gasteiger partial charge on any atom is 0.322 e. The van der Waals surface area contributed by atoms with Crippen molar-refractivity contribution in [3.05, 3.63) is 0 Å². The predicted molar refractivity (Wildman–Crippen MR) is 57.7 cm³/mol. The van der Waals surface area contributed by atoms with Gasteiger partial charge in [-0.05, 0) is 19.3 Å². The van der Waals surface area contributed by atoms with Crippen LogP contribution in [0.4, 0.5) is 0 Å². The average Bonchev–Trinajstić information content (AvgIpc) is 2.64. The fourth-order valence-electron chi connectivity index (χ4n) is 1.82. The molecule has 98 valence electrons. The number of hydrogen-bond donors (Lipinski definition) is 2. The lowest BCUT2D eigenvalue weighted by molar-refractivity contribution is -0.141. The summed E-state index contributed by atoms with van der Waals surface area (Å²) in [6.07, 6.45) is 1.17. The molecule has 0 aromatic rings. The lowest BCUT2D eigenvalue weighted by Crippen LogP contribution is -2.37. The molecular weight excluding hydrogens is 250 g/mol. The monoisotopic (exact) mass is 265 g/mol. The van der Waals surface area contributed by atoms with Gasteiger partial charge in [-0.25, -0.2) is 13.1 Å². The summed E-state index contributed by atoms with van der Waals surface area (Å²) in [4.78, 5) is 21.5. The molecule has 1 rings (SSSR count). The van der Waals surface area contributed by atoms with Crippen LogP contribution < -0.4 is 4.72 Å². The minimum atomic E-state index is -3.74. The Morgan fingerprint density at radius 2 is 2.06 bits per heavy atom. The van der Waals surface area contributed by atoms with Crippen molar-refractivity contribution in [2.45, 2.75) is 25.3 Å². The third-order valence-electron chi connectivity index (χ3n) is 2.66. The first-order chi connectivity index (χ1) is 7.84. The Bertz CT molecular complexity index is 404. The van der Waals surface area contributed by atoms with Crippen LogP contribution in [-0.4, -0.2) is 44.4 Å². The third-order valence-corrected chi connectivity index (χ3v) is 3.97. The van der Waals surface area contributed by atoms with Gasteiger partial charge < -0.3 is 9.84 Å². The summed E-state index contributed by atoms with van der Waals surface area (Å²) in [5.74, 6) is -3.01. The molecule has 8 heteroatoms. The Labute approximate surface area is 99.2 Å². The van der Waals surface area contributed by atoms with E-state index in [1.54, 1.807) is 0 Å². The first-order valence-corrected chi connectivity index (χ1v) is 6.79. The molecule has 0 saturated heterocycles. The Morgan fingerprint density at radius 3 is 2.53 bits per heavy atom. The number of carboxylic acids is 1. The van der Waals surface area contributed by atoms with Gasteiger partial charge in [-0.1, -0.05) is 0 Å². The zero-order valence-electron chi connectivity index (χ0n) is 9.38. The zero-order chi connectivity index (χ0) is 13.1. The summed E-state index contributed by atoms with van der Waals surface area (Å²) in [6.45, 7) is 0. The highest BCUT2D eigenvalue weighted by molar-refractivity contribution is 7.90. The third kappa shape index (κ3) is 4.31. The molecule has 7 nitrogen and oxygen atoms in total. The topological polar surface area (TPSA) is 110 Å². The summed E-state index contributed by atoms with van der Waals surface area (Å²) in [5.41, 5.74) is 0. The van der Waals surface area contributed by atoms with E-state index >= 15 is 0 Å². The zero-order valence-corrected chi connectivity index (χ0v) is 10.2. The van der Waals surface area contributed by atoms with Gasteiger partial charge in [-0.3, -0.25) is 9.59 Å². The molecule has 1 fully saturated rings. The summed E-state index contributed by atoms with van der Waals surface area (Å²) in [6, 6.07) is -0.411. The van der Waals surface area contributed by atoms with Crippen LogP contribution >= 0.6 is 0 Å². The maximum absolute atomic E-state index is 11.5. The molecule has 0 amide bonds. The molecule has 0 aromatic heterocycles. The maximum atomic E-state index is 11.5. The lowest BCUT2D eigenvalue weighted by atomic mass is 10.1. The van der Waals surface area contributed by atoms with E-state index < -0.39 is 39.7 Å². The predicted octanol–water partition coefficient (Wildman–Crippen LogP) is -0.668. The summed E-state index contributed by atoms with van der Waals surface area (Å²) in [7, 11) is -2.64. The van der Waals surface area contributed by atoms with Crippen LogP contribution in [0.25, 0.3) is 0 Å². The number of aliphatic carboxylic acids is 1. The quantitative estimate of drug-likeness (QED) is 0.638. The summed E-state index contributed by atoms with van der Waals surface area (Å²) in [5, 5.41) is 8.76. The van der Waals surface area contributed by atoms with Crippen molar-refractivity contribution >= 4 is 22.0 Å². The van der Waals surface area contributed by atoms with Gasteiger partial charge in [0.1, 0.15) is 0 Å². The molecule has 0 spiro atoms. The molecule has 0 bridgehead atoms. The highest BCUT2D eigenvalue weighted by Crippen LogP contribution is 2.26. The number of carbonyl (C=O) groups excluding carboxylic acids is 1. The van der Waals surface area contributed by atoms with Gasteiger partial charge in [0.05, 0.1) is 13.0 Å². The minimum absolute atomic E-state index is 0.260. The SMILES string of the molecule is COC(=O)CS(=O)(=O)NC1CCC(C(=O)O)C1. The number of ether oxygens (including phenoxy) is 1. The van der Waals surface area contributed by atoms with Crippen LogP contribution in [0.3, 0.4) is 0 Å². The van der Waals surface area contributed by atoms with E-state index in [2.05, 4.69) is 9.46 Å². The van der Waals surface area contributed by atoms with Gasteiger partial charge in [0.2, 0.25) is 10.0 Å². The molecule has 2 atom stereocenters. The summed E-state index contributed by atoms with van der Waals surface area (Å²) < 4.78 is 29.5. The molecular formula is C9H15NO6S. The largest absolute Gasteiger partial charge is 0.481 e. The Hall–Kier alpha value is -1.15. The van der Waals surface area contributed by atoms with Crippen molar-refractivity contribution in [3.63, 3.8) is 0 Å². The highest BCUT2D eigenvalue weighted by Gasteiger charge is 2.32. The minimum Gasteiger partial charge on any atom is -0.481 e. The van der Waals surface area contributed by atoms with E-state index in [9.17, 15) is 18.0 Å². The molecule has 0 aromatic carbocycles. The van der Waals surface area contributed by atoms with Gasteiger partial charge in [-0.2, -0.15) is 0 Å². The first kappa shape index (κ1) is 13.9. The van der Waals surface area contributed by atoms with E-state index in [1.807, 2.05) is 0 Å². The number of carboxylic acid groups (broad SMARTS) is 1. The van der Waals surface area contributed by atoms with Crippen LogP contribution in [0.5, 0.6) is 0 Å². The number of methoxy groups -OCH3 is 1. The molecule has 1 aliphatic rings. The molecule has 2 unspecified atom stereocenters. The normalized spacial score (nSPS) is 24.5. The van der Waals surface area contributed by atoms with Crippen LogP contribution in [-0.2, 0) is 24.3 Å². The Kier molecular flexibility index (Phi) is 4.47. The fourth-order valence-corrected chi connectivity index (χ4v) is 3.06. The van der Waals surface area contributed by atoms with Gasteiger partial charge in [-0.15, -0.1) is 0 Å². The lowest BCUT2D eigenvalue weighted by Gasteiger charge is -2.11. The molecule has 17 heavy (non-hydrogen) atoms. The Morgan fingerprint density at radius 1 is 1.41 bits per heavy atom. The highest BCUT2D eigenvalue weighted by atomic mass is 32.2. The van der Waals surface area contributed by atoms with Crippen molar-refractivity contribution in [2.75, 3.05) is 12.9 Å².